The van der Waals surface area contributed by atoms with Crippen LogP contribution >= 0.6 is 0 Å². The molecule has 0 bridgehead atoms. The highest BCUT2D eigenvalue weighted by Gasteiger charge is 2.39. The Morgan fingerprint density at radius 2 is 1.57 bits per heavy atom. The second-order valence-electron chi connectivity index (χ2n) is 9.96. The van der Waals surface area contributed by atoms with Crippen LogP contribution in [0.1, 0.15) is 93.9 Å². The van der Waals surface area contributed by atoms with Gasteiger partial charge in [-0.1, -0.05) is 41.0 Å². The zero-order valence-electron chi connectivity index (χ0n) is 16.1. The van der Waals surface area contributed by atoms with Gasteiger partial charge in [0.25, 0.3) is 0 Å². The molecule has 0 heterocycles. The lowest BCUT2D eigenvalue weighted by Crippen LogP contribution is -2.46. The predicted octanol–water partition coefficient (Wildman–Crippen LogP) is 6.03. The van der Waals surface area contributed by atoms with Crippen molar-refractivity contribution in [2.75, 3.05) is 6.54 Å². The molecule has 1 atom stereocenters. The average Bonchev–Trinajstić information content (AvgIpc) is 2.35. The van der Waals surface area contributed by atoms with E-state index in [0.717, 1.165) is 11.8 Å². The first-order valence-corrected chi connectivity index (χ1v) is 9.22. The van der Waals surface area contributed by atoms with Gasteiger partial charge in [0.15, 0.2) is 0 Å². The van der Waals surface area contributed by atoms with Gasteiger partial charge >= 0.3 is 0 Å². The van der Waals surface area contributed by atoms with Crippen LogP contribution in [0.25, 0.3) is 0 Å². The molecule has 0 aromatic carbocycles. The SMILES string of the molecule is CCC(C)CC1(CNC(C)(C)C)CCC(C(C)(C)C)CC1. The van der Waals surface area contributed by atoms with Gasteiger partial charge in [0.05, 0.1) is 0 Å². The van der Waals surface area contributed by atoms with Crippen LogP contribution in [-0.4, -0.2) is 12.1 Å². The highest BCUT2D eigenvalue weighted by molar-refractivity contribution is 4.92. The van der Waals surface area contributed by atoms with E-state index in [0.29, 0.717) is 10.8 Å². The normalized spacial score (nSPS) is 29.4. The number of nitrogens with one attached hydrogen (secondary N) is 1. The molecule has 21 heavy (non-hydrogen) atoms. The van der Waals surface area contributed by atoms with Crippen LogP contribution in [0.15, 0.2) is 0 Å². The number of hydrogen-bond acceptors (Lipinski definition) is 1. The molecule has 1 nitrogen and oxygen atoms in total. The zero-order valence-corrected chi connectivity index (χ0v) is 16.1. The summed E-state index contributed by atoms with van der Waals surface area (Å²) in [6, 6.07) is 0. The van der Waals surface area contributed by atoms with Gasteiger partial charge in [-0.3, -0.25) is 0 Å². The van der Waals surface area contributed by atoms with Crippen molar-refractivity contribution in [3.63, 3.8) is 0 Å². The summed E-state index contributed by atoms with van der Waals surface area (Å²) < 4.78 is 0. The van der Waals surface area contributed by atoms with Gasteiger partial charge in [0.2, 0.25) is 0 Å². The third kappa shape index (κ3) is 6.30. The van der Waals surface area contributed by atoms with Gasteiger partial charge in [-0.05, 0) is 75.5 Å². The maximum Gasteiger partial charge on any atom is 0.00967 e. The van der Waals surface area contributed by atoms with Crippen molar-refractivity contribution in [1.82, 2.24) is 5.32 Å². The Kier molecular flexibility index (Phi) is 6.36. The summed E-state index contributed by atoms with van der Waals surface area (Å²) in [7, 11) is 0. The van der Waals surface area contributed by atoms with Crippen LogP contribution in [0.4, 0.5) is 0 Å². The molecule has 1 aliphatic carbocycles. The maximum atomic E-state index is 3.82. The smallest absolute Gasteiger partial charge is 0.00967 e. The van der Waals surface area contributed by atoms with E-state index in [1.165, 1.54) is 45.1 Å². The van der Waals surface area contributed by atoms with Crippen molar-refractivity contribution in [2.24, 2.45) is 22.7 Å². The fraction of sp³-hybridized carbons (Fsp3) is 1.00. The van der Waals surface area contributed by atoms with E-state index in [9.17, 15) is 0 Å². The molecule has 1 N–H and O–H groups in total. The Labute approximate surface area is 134 Å². The van der Waals surface area contributed by atoms with Gasteiger partial charge < -0.3 is 5.32 Å². The minimum Gasteiger partial charge on any atom is -0.312 e. The topological polar surface area (TPSA) is 12.0 Å². The van der Waals surface area contributed by atoms with E-state index in [2.05, 4.69) is 60.7 Å². The molecule has 0 amide bonds. The van der Waals surface area contributed by atoms with Gasteiger partial charge in [-0.2, -0.15) is 0 Å². The summed E-state index contributed by atoms with van der Waals surface area (Å²) >= 11 is 0. The van der Waals surface area contributed by atoms with Gasteiger partial charge in [-0.25, -0.2) is 0 Å². The Balaban J connectivity index is 2.71. The molecule has 1 unspecified atom stereocenters. The van der Waals surface area contributed by atoms with Crippen LogP contribution in [-0.2, 0) is 0 Å². The first kappa shape index (κ1) is 19.0. The molecule has 0 spiro atoms. The molecule has 0 aliphatic heterocycles. The summed E-state index contributed by atoms with van der Waals surface area (Å²) in [5, 5.41) is 3.82. The lowest BCUT2D eigenvalue weighted by Gasteiger charge is -2.46. The van der Waals surface area contributed by atoms with Crippen molar-refractivity contribution in [3.8, 4) is 0 Å². The number of rotatable bonds is 5. The standard InChI is InChI=1S/C20H41N/c1-9-16(2)14-20(15-21-19(6,7)8)12-10-17(11-13-20)18(3,4)5/h16-17,21H,9-15H2,1-8H3. The second-order valence-corrected chi connectivity index (χ2v) is 9.96. The first-order valence-electron chi connectivity index (χ1n) is 9.22. The summed E-state index contributed by atoms with van der Waals surface area (Å²) in [6.07, 6.45) is 8.41. The molecular formula is C20H41N. The Bertz CT molecular complexity index is 297. The molecule has 1 rings (SSSR count). The molecule has 126 valence electrons. The van der Waals surface area contributed by atoms with Crippen molar-refractivity contribution in [2.45, 2.75) is 99.5 Å². The van der Waals surface area contributed by atoms with Crippen LogP contribution in [0.2, 0.25) is 0 Å². The second kappa shape index (κ2) is 7.02. The minimum atomic E-state index is 0.239. The molecule has 1 aliphatic rings. The summed E-state index contributed by atoms with van der Waals surface area (Å²) in [5.41, 5.74) is 1.27. The van der Waals surface area contributed by atoms with E-state index in [4.69, 9.17) is 0 Å². The van der Waals surface area contributed by atoms with Crippen LogP contribution in [0.3, 0.4) is 0 Å². The highest BCUT2D eigenvalue weighted by Crippen LogP contribution is 2.48. The minimum absolute atomic E-state index is 0.239. The van der Waals surface area contributed by atoms with Crippen molar-refractivity contribution >= 4 is 0 Å². The molecule has 1 saturated carbocycles. The first-order chi connectivity index (χ1) is 9.47. The van der Waals surface area contributed by atoms with Gasteiger partial charge in [0, 0.05) is 12.1 Å². The lowest BCUT2D eigenvalue weighted by molar-refractivity contribution is 0.0627. The van der Waals surface area contributed by atoms with E-state index < -0.39 is 0 Å². The van der Waals surface area contributed by atoms with Crippen molar-refractivity contribution in [1.29, 1.82) is 0 Å². The fourth-order valence-corrected chi connectivity index (χ4v) is 3.89. The van der Waals surface area contributed by atoms with E-state index >= 15 is 0 Å². The quantitative estimate of drug-likeness (QED) is 0.652. The number of hydrogen-bond donors (Lipinski definition) is 1. The van der Waals surface area contributed by atoms with E-state index in [-0.39, 0.29) is 5.54 Å². The molecule has 0 aromatic rings. The molecule has 0 saturated heterocycles. The molecule has 1 heteroatoms. The summed E-state index contributed by atoms with van der Waals surface area (Å²) in [4.78, 5) is 0. The Hall–Kier alpha value is -0.0400. The van der Waals surface area contributed by atoms with Crippen molar-refractivity contribution in [3.05, 3.63) is 0 Å². The Morgan fingerprint density at radius 1 is 1.05 bits per heavy atom. The van der Waals surface area contributed by atoms with Crippen molar-refractivity contribution < 1.29 is 0 Å². The lowest BCUT2D eigenvalue weighted by atomic mass is 9.61. The third-order valence-electron chi connectivity index (χ3n) is 5.74. The van der Waals surface area contributed by atoms with Gasteiger partial charge in [-0.15, -0.1) is 0 Å². The van der Waals surface area contributed by atoms with Crippen LogP contribution in [0, 0.1) is 22.7 Å². The average molecular weight is 296 g/mol. The fourth-order valence-electron chi connectivity index (χ4n) is 3.89. The molecular weight excluding hydrogens is 254 g/mol. The molecule has 0 radical (unpaired) electrons. The van der Waals surface area contributed by atoms with Crippen LogP contribution in [0.5, 0.6) is 0 Å². The highest BCUT2D eigenvalue weighted by atomic mass is 15.0. The molecule has 0 aromatic heterocycles. The van der Waals surface area contributed by atoms with E-state index in [1.54, 1.807) is 0 Å². The van der Waals surface area contributed by atoms with Crippen LogP contribution < -0.4 is 5.32 Å². The largest absolute Gasteiger partial charge is 0.312 e. The summed E-state index contributed by atoms with van der Waals surface area (Å²) in [5.74, 6) is 1.77. The third-order valence-corrected chi connectivity index (χ3v) is 5.74. The summed E-state index contributed by atoms with van der Waals surface area (Å²) in [6.45, 7) is 20.1. The molecule has 1 fully saturated rings. The van der Waals surface area contributed by atoms with Gasteiger partial charge in [0.1, 0.15) is 0 Å². The predicted molar refractivity (Wildman–Crippen MR) is 95.7 cm³/mol. The maximum absolute atomic E-state index is 3.82. The van der Waals surface area contributed by atoms with E-state index in [1.807, 2.05) is 0 Å². The monoisotopic (exact) mass is 295 g/mol. The Morgan fingerprint density at radius 3 is 1.95 bits per heavy atom. The zero-order chi connectivity index (χ0) is 16.3.